The Morgan fingerprint density at radius 1 is 1.07 bits per heavy atom. The second-order valence-electron chi connectivity index (χ2n) is 7.37. The van der Waals surface area contributed by atoms with Crippen LogP contribution in [0.1, 0.15) is 33.1 Å². The number of anilines is 1. The van der Waals surface area contributed by atoms with Gasteiger partial charge in [-0.1, -0.05) is 12.1 Å². The summed E-state index contributed by atoms with van der Waals surface area (Å²) >= 11 is 0. The number of amides is 1. The number of piperazine rings is 1. The van der Waals surface area contributed by atoms with Gasteiger partial charge in [0, 0.05) is 48.7 Å². The van der Waals surface area contributed by atoms with Gasteiger partial charge in [-0.3, -0.25) is 9.69 Å². The molecule has 0 saturated carbocycles. The summed E-state index contributed by atoms with van der Waals surface area (Å²) in [7, 11) is 2.11. The highest BCUT2D eigenvalue weighted by Gasteiger charge is 2.28. The SMILES string of the molecule is Cc1nc(C(=O)c2cccc(N3CCN(C)CC3)c2)nc2c1CN(C(=O)O)C2. The summed E-state index contributed by atoms with van der Waals surface area (Å²) in [4.78, 5) is 38.8. The van der Waals surface area contributed by atoms with Crippen molar-refractivity contribution in [3.05, 3.63) is 52.6 Å². The lowest BCUT2D eigenvalue weighted by atomic mass is 10.1. The first-order valence-corrected chi connectivity index (χ1v) is 9.35. The molecule has 3 heterocycles. The Hall–Kier alpha value is -3.00. The summed E-state index contributed by atoms with van der Waals surface area (Å²) in [6, 6.07) is 7.56. The van der Waals surface area contributed by atoms with E-state index in [1.54, 1.807) is 13.0 Å². The standard InChI is InChI=1S/C20H23N5O3/c1-13-16-11-25(20(27)28)12-17(16)22-19(21-13)18(26)14-4-3-5-15(10-14)24-8-6-23(2)7-9-24/h3-5,10H,6-9,11-12H2,1-2H3,(H,27,28). The lowest BCUT2D eigenvalue weighted by Crippen LogP contribution is -2.44. The van der Waals surface area contributed by atoms with Crippen molar-refractivity contribution in [3.63, 3.8) is 0 Å². The largest absolute Gasteiger partial charge is 0.465 e. The number of fused-ring (bicyclic) bond motifs is 1. The van der Waals surface area contributed by atoms with Crippen molar-refractivity contribution in [1.29, 1.82) is 0 Å². The fourth-order valence-electron chi connectivity index (χ4n) is 3.69. The van der Waals surface area contributed by atoms with E-state index < -0.39 is 6.09 Å². The molecule has 2 aromatic rings. The smallest absolute Gasteiger partial charge is 0.407 e. The summed E-state index contributed by atoms with van der Waals surface area (Å²) in [5, 5.41) is 9.21. The van der Waals surface area contributed by atoms with Crippen molar-refractivity contribution < 1.29 is 14.7 Å². The Morgan fingerprint density at radius 3 is 2.54 bits per heavy atom. The van der Waals surface area contributed by atoms with Gasteiger partial charge in [0.05, 0.1) is 18.8 Å². The molecule has 8 nitrogen and oxygen atoms in total. The summed E-state index contributed by atoms with van der Waals surface area (Å²) in [5.74, 6) is -0.116. The van der Waals surface area contributed by atoms with Crippen molar-refractivity contribution >= 4 is 17.6 Å². The normalized spacial score (nSPS) is 16.9. The third kappa shape index (κ3) is 3.43. The van der Waals surface area contributed by atoms with E-state index in [0.29, 0.717) is 17.0 Å². The molecule has 1 aromatic carbocycles. The molecule has 1 N–H and O–H groups in total. The van der Waals surface area contributed by atoms with Crippen LogP contribution < -0.4 is 4.90 Å². The van der Waals surface area contributed by atoms with Gasteiger partial charge in [-0.25, -0.2) is 14.8 Å². The van der Waals surface area contributed by atoms with Gasteiger partial charge in [-0.2, -0.15) is 0 Å². The number of carbonyl (C=O) groups is 2. The predicted molar refractivity (Wildman–Crippen MR) is 104 cm³/mol. The number of ketones is 1. The molecule has 0 radical (unpaired) electrons. The average Bonchev–Trinajstić information content (AvgIpc) is 3.13. The highest BCUT2D eigenvalue weighted by Crippen LogP contribution is 2.25. The molecule has 2 aliphatic heterocycles. The molecule has 2 aliphatic rings. The van der Waals surface area contributed by atoms with E-state index in [2.05, 4.69) is 26.8 Å². The third-order valence-electron chi connectivity index (χ3n) is 5.44. The molecule has 4 rings (SSSR count). The van der Waals surface area contributed by atoms with Crippen molar-refractivity contribution in [2.75, 3.05) is 38.1 Å². The number of benzene rings is 1. The Labute approximate surface area is 163 Å². The molecular formula is C20H23N5O3. The van der Waals surface area contributed by atoms with Crippen LogP contribution in [0, 0.1) is 6.92 Å². The number of aromatic nitrogens is 2. The van der Waals surface area contributed by atoms with Gasteiger partial charge in [0.2, 0.25) is 11.6 Å². The highest BCUT2D eigenvalue weighted by atomic mass is 16.4. The molecule has 0 atom stereocenters. The number of nitrogens with zero attached hydrogens (tertiary/aromatic N) is 5. The molecule has 1 aromatic heterocycles. The maximum absolute atomic E-state index is 13.0. The summed E-state index contributed by atoms with van der Waals surface area (Å²) < 4.78 is 0. The van der Waals surface area contributed by atoms with Crippen LogP contribution in [-0.2, 0) is 13.1 Å². The average molecular weight is 381 g/mol. The van der Waals surface area contributed by atoms with Gasteiger partial charge in [-0.15, -0.1) is 0 Å². The fourth-order valence-corrected chi connectivity index (χ4v) is 3.69. The molecule has 28 heavy (non-hydrogen) atoms. The van der Waals surface area contributed by atoms with E-state index in [-0.39, 0.29) is 24.7 Å². The Balaban J connectivity index is 1.59. The van der Waals surface area contributed by atoms with Gasteiger partial charge in [-0.05, 0) is 26.1 Å². The minimum Gasteiger partial charge on any atom is -0.465 e. The molecule has 0 bridgehead atoms. The summed E-state index contributed by atoms with van der Waals surface area (Å²) in [6.45, 7) is 6.08. The molecule has 0 spiro atoms. The van der Waals surface area contributed by atoms with Crippen LogP contribution in [0.2, 0.25) is 0 Å². The first-order chi connectivity index (χ1) is 13.4. The third-order valence-corrected chi connectivity index (χ3v) is 5.44. The number of likely N-dealkylation sites (N-methyl/N-ethyl adjacent to an activating group) is 1. The van der Waals surface area contributed by atoms with Crippen LogP contribution in [0.3, 0.4) is 0 Å². The Kier molecular flexibility index (Phi) is 4.72. The van der Waals surface area contributed by atoms with Crippen LogP contribution >= 0.6 is 0 Å². The number of hydrogen-bond acceptors (Lipinski definition) is 6. The van der Waals surface area contributed by atoms with Crippen molar-refractivity contribution in [1.82, 2.24) is 19.8 Å². The number of carbonyl (C=O) groups excluding carboxylic acids is 1. The minimum absolute atomic E-state index is 0.124. The van der Waals surface area contributed by atoms with Crippen molar-refractivity contribution in [2.24, 2.45) is 0 Å². The topological polar surface area (TPSA) is 89.9 Å². The second-order valence-corrected chi connectivity index (χ2v) is 7.37. The quantitative estimate of drug-likeness (QED) is 0.810. The van der Waals surface area contributed by atoms with Gasteiger partial charge in [0.1, 0.15) is 0 Å². The van der Waals surface area contributed by atoms with Gasteiger partial charge < -0.3 is 14.9 Å². The first-order valence-electron chi connectivity index (χ1n) is 9.35. The summed E-state index contributed by atoms with van der Waals surface area (Å²) in [6.07, 6.45) is -0.995. The zero-order chi connectivity index (χ0) is 19.8. The maximum Gasteiger partial charge on any atom is 0.407 e. The molecule has 1 fully saturated rings. The van der Waals surface area contributed by atoms with Crippen molar-refractivity contribution in [2.45, 2.75) is 20.0 Å². The molecule has 146 valence electrons. The van der Waals surface area contributed by atoms with Crippen LogP contribution in [0.15, 0.2) is 24.3 Å². The van der Waals surface area contributed by atoms with Crippen LogP contribution in [-0.4, -0.2) is 70.0 Å². The van der Waals surface area contributed by atoms with Gasteiger partial charge >= 0.3 is 6.09 Å². The number of aryl methyl sites for hydroxylation is 1. The van der Waals surface area contributed by atoms with E-state index >= 15 is 0 Å². The number of carboxylic acid groups (broad SMARTS) is 1. The fraction of sp³-hybridized carbons (Fsp3) is 0.400. The molecule has 8 heteroatoms. The van der Waals surface area contributed by atoms with E-state index in [1.807, 2.05) is 18.2 Å². The lowest BCUT2D eigenvalue weighted by molar-refractivity contribution is 0.102. The van der Waals surface area contributed by atoms with E-state index in [0.717, 1.165) is 37.4 Å². The van der Waals surface area contributed by atoms with Gasteiger partial charge in [0.25, 0.3) is 0 Å². The first kappa shape index (κ1) is 18.4. The monoisotopic (exact) mass is 381 g/mol. The molecule has 1 saturated heterocycles. The number of rotatable bonds is 3. The van der Waals surface area contributed by atoms with E-state index in [1.165, 1.54) is 4.90 Å². The molecule has 0 aliphatic carbocycles. The highest BCUT2D eigenvalue weighted by molar-refractivity contribution is 6.07. The zero-order valence-corrected chi connectivity index (χ0v) is 16.1. The van der Waals surface area contributed by atoms with E-state index in [9.17, 15) is 14.7 Å². The minimum atomic E-state index is -0.995. The van der Waals surface area contributed by atoms with Crippen LogP contribution in [0.25, 0.3) is 0 Å². The van der Waals surface area contributed by atoms with Crippen LogP contribution in [0.4, 0.5) is 10.5 Å². The summed E-state index contributed by atoms with van der Waals surface area (Å²) in [5.41, 5.74) is 3.64. The molecular weight excluding hydrogens is 358 g/mol. The van der Waals surface area contributed by atoms with Gasteiger partial charge in [0.15, 0.2) is 0 Å². The van der Waals surface area contributed by atoms with Crippen LogP contribution in [0.5, 0.6) is 0 Å². The molecule has 0 unspecified atom stereocenters. The maximum atomic E-state index is 13.0. The zero-order valence-electron chi connectivity index (χ0n) is 16.1. The molecule has 1 amide bonds. The Bertz CT molecular complexity index is 937. The Morgan fingerprint density at radius 2 is 1.82 bits per heavy atom. The van der Waals surface area contributed by atoms with Crippen molar-refractivity contribution in [3.8, 4) is 0 Å². The second kappa shape index (κ2) is 7.20. The van der Waals surface area contributed by atoms with E-state index in [4.69, 9.17) is 0 Å². The number of hydrogen-bond donors (Lipinski definition) is 1. The lowest BCUT2D eigenvalue weighted by Gasteiger charge is -2.34. The predicted octanol–water partition coefficient (Wildman–Crippen LogP) is 1.76.